The fourth-order valence-corrected chi connectivity index (χ4v) is 1.56. The number of hydrogen-bond donors (Lipinski definition) is 0. The van der Waals surface area contributed by atoms with E-state index in [0.29, 0.717) is 4.47 Å². The van der Waals surface area contributed by atoms with Crippen molar-refractivity contribution in [2.45, 2.75) is 13.0 Å². The molecule has 0 atom stereocenters. The van der Waals surface area contributed by atoms with Crippen LogP contribution >= 0.6 is 23.1 Å². The van der Waals surface area contributed by atoms with Gasteiger partial charge in [0.25, 0.3) is 0 Å². The molecule has 0 saturated heterocycles. The second-order valence-corrected chi connectivity index (χ2v) is 3.71. The van der Waals surface area contributed by atoms with Gasteiger partial charge in [0, 0.05) is 13.0 Å². The zero-order valence-electron chi connectivity index (χ0n) is 6.59. The van der Waals surface area contributed by atoms with E-state index in [4.69, 9.17) is 11.6 Å². The molecular formula is C6H6ClN5S. The predicted octanol–water partition coefficient (Wildman–Crippen LogP) is 1.03. The monoisotopic (exact) mass is 215 g/mol. The average Bonchev–Trinajstić information content (AvgIpc) is 2.71. The highest BCUT2D eigenvalue weighted by molar-refractivity contribution is 7.10. The van der Waals surface area contributed by atoms with Crippen LogP contribution in [0.1, 0.15) is 5.82 Å². The molecule has 2 aromatic rings. The molecule has 0 unspecified atom stereocenters. The fourth-order valence-electron chi connectivity index (χ4n) is 0.897. The molecule has 5 nitrogen and oxygen atoms in total. The van der Waals surface area contributed by atoms with E-state index in [2.05, 4.69) is 19.4 Å². The van der Waals surface area contributed by atoms with Crippen LogP contribution in [0.3, 0.4) is 0 Å². The lowest BCUT2D eigenvalue weighted by Crippen LogP contribution is -2.02. The molecule has 7 heteroatoms. The van der Waals surface area contributed by atoms with E-state index in [9.17, 15) is 0 Å². The molecule has 0 bridgehead atoms. The van der Waals surface area contributed by atoms with Gasteiger partial charge < -0.3 is 0 Å². The molecule has 0 aromatic carbocycles. The minimum absolute atomic E-state index is 0.480. The fraction of sp³-hybridized carbons (Fsp3) is 0.333. The highest BCUT2D eigenvalue weighted by Gasteiger charge is 2.01. The summed E-state index contributed by atoms with van der Waals surface area (Å²) in [5, 5.41) is 3.96. The summed E-state index contributed by atoms with van der Waals surface area (Å²) in [7, 11) is 0. The number of nitrogens with zero attached hydrogens (tertiary/aromatic N) is 5. The minimum atomic E-state index is 0.480. The summed E-state index contributed by atoms with van der Waals surface area (Å²) in [5.41, 5.74) is 0. The maximum absolute atomic E-state index is 5.63. The van der Waals surface area contributed by atoms with Gasteiger partial charge in [0.2, 0.25) is 4.47 Å². The van der Waals surface area contributed by atoms with E-state index < -0.39 is 0 Å². The van der Waals surface area contributed by atoms with E-state index in [1.54, 1.807) is 11.0 Å². The van der Waals surface area contributed by atoms with E-state index in [0.717, 1.165) is 18.8 Å². The molecule has 68 valence electrons. The molecule has 0 aliphatic heterocycles. The van der Waals surface area contributed by atoms with Gasteiger partial charge in [-0.25, -0.2) is 9.97 Å². The van der Waals surface area contributed by atoms with Crippen molar-refractivity contribution in [1.82, 2.24) is 24.1 Å². The summed E-state index contributed by atoms with van der Waals surface area (Å²) < 4.78 is 6.26. The van der Waals surface area contributed by atoms with Crippen molar-refractivity contribution in [2.24, 2.45) is 0 Å². The van der Waals surface area contributed by atoms with Crippen molar-refractivity contribution in [1.29, 1.82) is 0 Å². The van der Waals surface area contributed by atoms with Crippen molar-refractivity contribution in [3.63, 3.8) is 0 Å². The average molecular weight is 216 g/mol. The molecule has 0 aliphatic carbocycles. The van der Waals surface area contributed by atoms with Crippen molar-refractivity contribution < 1.29 is 0 Å². The topological polar surface area (TPSA) is 56.5 Å². The lowest BCUT2D eigenvalue weighted by Gasteiger charge is -1.94. The Hall–Kier alpha value is -1.01. The summed E-state index contributed by atoms with van der Waals surface area (Å²) in [6, 6.07) is 0. The van der Waals surface area contributed by atoms with Crippen molar-refractivity contribution >= 4 is 23.1 Å². The van der Waals surface area contributed by atoms with Crippen LogP contribution in [0.25, 0.3) is 0 Å². The molecule has 0 saturated carbocycles. The summed E-state index contributed by atoms with van der Waals surface area (Å²) in [6.07, 6.45) is 3.89. The Bertz CT molecular complexity index is 370. The SMILES string of the molecule is Clc1nc(CCn2cncn2)ns1. The molecule has 2 heterocycles. The number of rotatable bonds is 3. The molecule has 13 heavy (non-hydrogen) atoms. The maximum Gasteiger partial charge on any atom is 0.203 e. The van der Waals surface area contributed by atoms with E-state index in [1.165, 1.54) is 17.9 Å². The van der Waals surface area contributed by atoms with Gasteiger partial charge >= 0.3 is 0 Å². The first-order chi connectivity index (χ1) is 6.34. The molecule has 0 radical (unpaired) electrons. The molecule has 0 spiro atoms. The first kappa shape index (κ1) is 8.58. The number of aryl methyl sites for hydroxylation is 2. The van der Waals surface area contributed by atoms with Crippen LogP contribution in [0.4, 0.5) is 0 Å². The molecule has 0 N–H and O–H groups in total. The second-order valence-electron chi connectivity index (χ2n) is 2.37. The summed E-state index contributed by atoms with van der Waals surface area (Å²) in [6.45, 7) is 0.729. The van der Waals surface area contributed by atoms with E-state index in [-0.39, 0.29) is 0 Å². The first-order valence-electron chi connectivity index (χ1n) is 3.65. The summed E-state index contributed by atoms with van der Waals surface area (Å²) >= 11 is 6.83. The third kappa shape index (κ3) is 2.22. The predicted molar refractivity (Wildman–Crippen MR) is 48.6 cm³/mol. The number of halogens is 1. The van der Waals surface area contributed by atoms with Crippen molar-refractivity contribution in [2.75, 3.05) is 0 Å². The number of aromatic nitrogens is 5. The van der Waals surface area contributed by atoms with Gasteiger partial charge in [-0.15, -0.1) is 0 Å². The third-order valence-electron chi connectivity index (χ3n) is 1.47. The van der Waals surface area contributed by atoms with Crippen LogP contribution in [-0.4, -0.2) is 24.1 Å². The van der Waals surface area contributed by atoms with Gasteiger partial charge in [-0.1, -0.05) is 0 Å². The molecule has 2 aromatic heterocycles. The molecular weight excluding hydrogens is 210 g/mol. The second kappa shape index (κ2) is 3.80. The van der Waals surface area contributed by atoms with Gasteiger partial charge in [0.05, 0.1) is 0 Å². The molecule has 2 rings (SSSR count). The largest absolute Gasteiger partial charge is 0.253 e. The maximum atomic E-state index is 5.63. The molecule has 0 aliphatic rings. The lowest BCUT2D eigenvalue weighted by atomic mass is 10.4. The van der Waals surface area contributed by atoms with E-state index >= 15 is 0 Å². The Morgan fingerprint density at radius 2 is 2.46 bits per heavy atom. The molecule has 0 amide bonds. The Morgan fingerprint density at radius 1 is 1.54 bits per heavy atom. The Morgan fingerprint density at radius 3 is 3.08 bits per heavy atom. The van der Waals surface area contributed by atoms with Crippen LogP contribution < -0.4 is 0 Å². The molecule has 0 fully saturated rings. The van der Waals surface area contributed by atoms with Crippen LogP contribution in [0.2, 0.25) is 4.47 Å². The standard InChI is InChI=1S/C6H6ClN5S/c7-6-10-5(11-13-6)1-2-12-4-8-3-9-12/h3-4H,1-2H2. The van der Waals surface area contributed by atoms with Crippen molar-refractivity contribution in [3.8, 4) is 0 Å². The smallest absolute Gasteiger partial charge is 0.203 e. The highest BCUT2D eigenvalue weighted by atomic mass is 35.5. The van der Waals surface area contributed by atoms with Gasteiger partial charge in [0.1, 0.15) is 18.5 Å². The summed E-state index contributed by atoms with van der Waals surface area (Å²) in [4.78, 5) is 7.85. The number of hydrogen-bond acceptors (Lipinski definition) is 5. The Balaban J connectivity index is 1.93. The quantitative estimate of drug-likeness (QED) is 0.767. The van der Waals surface area contributed by atoms with E-state index in [1.807, 2.05) is 0 Å². The van der Waals surface area contributed by atoms with Crippen LogP contribution in [-0.2, 0) is 13.0 Å². The Kier molecular flexibility index (Phi) is 2.51. The van der Waals surface area contributed by atoms with Gasteiger partial charge in [0.15, 0.2) is 0 Å². The van der Waals surface area contributed by atoms with Crippen LogP contribution in [0, 0.1) is 0 Å². The lowest BCUT2D eigenvalue weighted by molar-refractivity contribution is 0.602. The minimum Gasteiger partial charge on any atom is -0.253 e. The highest BCUT2D eigenvalue weighted by Crippen LogP contribution is 2.10. The Labute approximate surface area is 83.6 Å². The third-order valence-corrected chi connectivity index (χ3v) is 2.31. The van der Waals surface area contributed by atoms with Gasteiger partial charge in [-0.3, -0.25) is 4.68 Å². The van der Waals surface area contributed by atoms with Gasteiger partial charge in [-0.2, -0.15) is 9.47 Å². The normalized spacial score (nSPS) is 10.5. The van der Waals surface area contributed by atoms with Crippen LogP contribution in [0.5, 0.6) is 0 Å². The van der Waals surface area contributed by atoms with Crippen LogP contribution in [0.15, 0.2) is 12.7 Å². The first-order valence-corrected chi connectivity index (χ1v) is 4.80. The van der Waals surface area contributed by atoms with Gasteiger partial charge in [-0.05, 0) is 23.1 Å². The summed E-state index contributed by atoms with van der Waals surface area (Å²) in [5.74, 6) is 0.755. The zero-order chi connectivity index (χ0) is 9.10. The van der Waals surface area contributed by atoms with Crippen molar-refractivity contribution in [3.05, 3.63) is 22.9 Å². The zero-order valence-corrected chi connectivity index (χ0v) is 8.16.